The van der Waals surface area contributed by atoms with Crippen LogP contribution >= 0.6 is 0 Å². The molecular formula is C8H18N2O2. The number of hydrogen-bond acceptors (Lipinski definition) is 4. The normalized spacial score (nSPS) is 8.33. The van der Waals surface area contributed by atoms with E-state index in [1.807, 2.05) is 13.8 Å². The minimum Gasteiger partial charge on any atom is -0.461 e. The van der Waals surface area contributed by atoms with E-state index in [0.717, 1.165) is 5.57 Å². The van der Waals surface area contributed by atoms with Crippen molar-refractivity contribution in [3.05, 3.63) is 11.1 Å². The quantitative estimate of drug-likeness (QED) is 0.493. The lowest BCUT2D eigenvalue weighted by Crippen LogP contribution is -2.14. The Morgan fingerprint density at radius 3 is 2.17 bits per heavy atom. The molecule has 4 nitrogen and oxygen atoms in total. The lowest BCUT2D eigenvalue weighted by molar-refractivity contribution is -0.138. The zero-order valence-electron chi connectivity index (χ0n) is 8.02. The molecule has 0 amide bonds. The van der Waals surface area contributed by atoms with Gasteiger partial charge in [-0.2, -0.15) is 0 Å². The molecule has 0 aliphatic rings. The van der Waals surface area contributed by atoms with Crippen LogP contribution < -0.4 is 11.9 Å². The van der Waals surface area contributed by atoms with Gasteiger partial charge in [-0.25, -0.2) is 4.79 Å². The Kier molecular flexibility index (Phi) is 7.78. The highest BCUT2D eigenvalue weighted by molar-refractivity contribution is 5.88. The summed E-state index contributed by atoms with van der Waals surface area (Å²) in [6.07, 6.45) is 0. The molecule has 0 aliphatic heterocycles. The predicted octanol–water partition coefficient (Wildman–Crippen LogP) is 1.01. The Hall–Kier alpha value is -0.870. The van der Waals surface area contributed by atoms with Crippen molar-refractivity contribution in [1.82, 2.24) is 6.15 Å². The fourth-order valence-corrected chi connectivity index (χ4v) is 0.464. The summed E-state index contributed by atoms with van der Waals surface area (Å²) in [6.45, 7) is 6.16. The topological polar surface area (TPSA) is 87.3 Å². The lowest BCUT2D eigenvalue weighted by Gasteiger charge is -2.03. The SMILES string of the molecule is CC(C)=C(C)C(=O)OCCN.N. The molecule has 12 heavy (non-hydrogen) atoms. The van der Waals surface area contributed by atoms with Crippen molar-refractivity contribution in [2.24, 2.45) is 5.73 Å². The van der Waals surface area contributed by atoms with E-state index in [4.69, 9.17) is 10.5 Å². The van der Waals surface area contributed by atoms with Crippen LogP contribution in [-0.4, -0.2) is 19.1 Å². The van der Waals surface area contributed by atoms with Crippen molar-refractivity contribution < 1.29 is 9.53 Å². The molecule has 0 aliphatic carbocycles. The number of ether oxygens (including phenoxy) is 1. The van der Waals surface area contributed by atoms with Crippen LogP contribution in [0.3, 0.4) is 0 Å². The van der Waals surface area contributed by atoms with Gasteiger partial charge >= 0.3 is 5.97 Å². The molecule has 0 spiro atoms. The van der Waals surface area contributed by atoms with Gasteiger partial charge in [0.15, 0.2) is 0 Å². The third-order valence-electron chi connectivity index (χ3n) is 1.41. The molecule has 0 fully saturated rings. The molecule has 0 saturated carbocycles. The van der Waals surface area contributed by atoms with Crippen LogP contribution in [-0.2, 0) is 9.53 Å². The molecule has 5 N–H and O–H groups in total. The van der Waals surface area contributed by atoms with Gasteiger partial charge in [0, 0.05) is 12.1 Å². The molecule has 0 rings (SSSR count). The van der Waals surface area contributed by atoms with Gasteiger partial charge in [-0.3, -0.25) is 0 Å². The van der Waals surface area contributed by atoms with Gasteiger partial charge in [-0.1, -0.05) is 5.57 Å². The molecular weight excluding hydrogens is 156 g/mol. The van der Waals surface area contributed by atoms with Gasteiger partial charge < -0.3 is 16.6 Å². The second-order valence-electron chi connectivity index (χ2n) is 2.55. The second kappa shape index (κ2) is 6.82. The first-order chi connectivity index (χ1) is 5.09. The maximum absolute atomic E-state index is 11.0. The van der Waals surface area contributed by atoms with Crippen molar-refractivity contribution >= 4 is 5.97 Å². The highest BCUT2D eigenvalue weighted by atomic mass is 16.5. The predicted molar refractivity (Wildman–Crippen MR) is 49.1 cm³/mol. The average molecular weight is 174 g/mol. The van der Waals surface area contributed by atoms with Crippen molar-refractivity contribution in [3.8, 4) is 0 Å². The summed E-state index contributed by atoms with van der Waals surface area (Å²) >= 11 is 0. The smallest absolute Gasteiger partial charge is 0.333 e. The number of rotatable bonds is 3. The van der Waals surface area contributed by atoms with Crippen LogP contribution in [0.2, 0.25) is 0 Å². The summed E-state index contributed by atoms with van der Waals surface area (Å²) < 4.78 is 4.79. The van der Waals surface area contributed by atoms with Gasteiger partial charge in [0.2, 0.25) is 0 Å². The second-order valence-corrected chi connectivity index (χ2v) is 2.55. The molecule has 0 aromatic carbocycles. The van der Waals surface area contributed by atoms with Crippen LogP contribution in [0.15, 0.2) is 11.1 Å². The minimum absolute atomic E-state index is 0. The van der Waals surface area contributed by atoms with E-state index in [2.05, 4.69) is 0 Å². The maximum atomic E-state index is 11.0. The number of esters is 1. The third-order valence-corrected chi connectivity index (χ3v) is 1.41. The Morgan fingerprint density at radius 1 is 1.33 bits per heavy atom. The van der Waals surface area contributed by atoms with Gasteiger partial charge in [0.25, 0.3) is 0 Å². The van der Waals surface area contributed by atoms with Crippen molar-refractivity contribution in [3.63, 3.8) is 0 Å². The number of carbonyl (C=O) groups is 1. The summed E-state index contributed by atoms with van der Waals surface area (Å²) in [5.74, 6) is -0.268. The van der Waals surface area contributed by atoms with E-state index in [0.29, 0.717) is 18.7 Å². The first-order valence-corrected chi connectivity index (χ1v) is 3.61. The Labute approximate surface area is 73.4 Å². The molecule has 0 aromatic rings. The van der Waals surface area contributed by atoms with Crippen LogP contribution in [0.4, 0.5) is 0 Å². The highest BCUT2D eigenvalue weighted by Gasteiger charge is 2.05. The first kappa shape index (κ1) is 13.7. The van der Waals surface area contributed by atoms with Crippen LogP contribution in [0.1, 0.15) is 20.8 Å². The fourth-order valence-electron chi connectivity index (χ4n) is 0.464. The molecule has 0 radical (unpaired) electrons. The molecule has 0 aromatic heterocycles. The van der Waals surface area contributed by atoms with Crippen LogP contribution in [0.25, 0.3) is 0 Å². The van der Waals surface area contributed by atoms with Gasteiger partial charge in [0.1, 0.15) is 6.61 Å². The van der Waals surface area contributed by atoms with Crippen LogP contribution in [0.5, 0.6) is 0 Å². The molecule has 0 bridgehead atoms. The molecule has 72 valence electrons. The van der Waals surface area contributed by atoms with Gasteiger partial charge in [-0.05, 0) is 20.8 Å². The largest absolute Gasteiger partial charge is 0.461 e. The summed E-state index contributed by atoms with van der Waals surface area (Å²) in [7, 11) is 0. The standard InChI is InChI=1S/C8H15NO2.H3N/c1-6(2)7(3)8(10)11-5-4-9;/h4-5,9H2,1-3H3;1H3. The first-order valence-electron chi connectivity index (χ1n) is 3.61. The van der Waals surface area contributed by atoms with E-state index in [-0.39, 0.29) is 12.1 Å². The van der Waals surface area contributed by atoms with Gasteiger partial charge in [-0.15, -0.1) is 0 Å². The molecule has 0 saturated heterocycles. The number of allylic oxidation sites excluding steroid dienone is 1. The number of carbonyl (C=O) groups excluding carboxylic acids is 1. The zero-order valence-corrected chi connectivity index (χ0v) is 8.02. The zero-order chi connectivity index (χ0) is 8.85. The van der Waals surface area contributed by atoms with E-state index in [1.54, 1.807) is 6.92 Å². The van der Waals surface area contributed by atoms with Crippen molar-refractivity contribution in [2.45, 2.75) is 20.8 Å². The molecule has 0 heterocycles. The number of nitrogens with two attached hydrogens (primary N) is 1. The summed E-state index contributed by atoms with van der Waals surface area (Å²) in [5, 5.41) is 0. The van der Waals surface area contributed by atoms with E-state index in [9.17, 15) is 4.79 Å². The van der Waals surface area contributed by atoms with E-state index in [1.165, 1.54) is 0 Å². The van der Waals surface area contributed by atoms with Gasteiger partial charge in [0.05, 0.1) is 0 Å². The third kappa shape index (κ3) is 4.87. The maximum Gasteiger partial charge on any atom is 0.333 e. The Balaban J connectivity index is 0. The fraction of sp³-hybridized carbons (Fsp3) is 0.625. The average Bonchev–Trinajstić information content (AvgIpc) is 1.98. The lowest BCUT2D eigenvalue weighted by atomic mass is 10.2. The monoisotopic (exact) mass is 174 g/mol. The minimum atomic E-state index is -0.268. The molecule has 0 atom stereocenters. The highest BCUT2D eigenvalue weighted by Crippen LogP contribution is 2.03. The molecule has 4 heteroatoms. The van der Waals surface area contributed by atoms with Crippen molar-refractivity contribution in [2.75, 3.05) is 13.2 Å². The van der Waals surface area contributed by atoms with E-state index < -0.39 is 0 Å². The Bertz CT molecular complexity index is 172. The van der Waals surface area contributed by atoms with Crippen LogP contribution in [0, 0.1) is 0 Å². The van der Waals surface area contributed by atoms with E-state index >= 15 is 0 Å². The summed E-state index contributed by atoms with van der Waals surface area (Å²) in [4.78, 5) is 11.0. The molecule has 0 unspecified atom stereocenters. The van der Waals surface area contributed by atoms with Crippen molar-refractivity contribution in [1.29, 1.82) is 0 Å². The summed E-state index contributed by atoms with van der Waals surface area (Å²) in [6, 6.07) is 0. The summed E-state index contributed by atoms with van der Waals surface area (Å²) in [5.41, 5.74) is 6.80. The Morgan fingerprint density at radius 2 is 1.83 bits per heavy atom. The number of hydrogen-bond donors (Lipinski definition) is 2.